The van der Waals surface area contributed by atoms with Crippen molar-refractivity contribution in [1.29, 1.82) is 5.26 Å². The third-order valence-corrected chi connectivity index (χ3v) is 5.27. The van der Waals surface area contributed by atoms with Crippen LogP contribution in [0.25, 0.3) is 0 Å². The number of nitrogens with zero attached hydrogens (tertiary/aromatic N) is 2. The summed E-state index contributed by atoms with van der Waals surface area (Å²) < 4.78 is 12.7. The average molecular weight is 387 g/mol. The molecule has 4 rings (SSSR count). The number of pyridine rings is 1. The van der Waals surface area contributed by atoms with Crippen molar-refractivity contribution in [3.63, 3.8) is 0 Å². The summed E-state index contributed by atoms with van der Waals surface area (Å²) in [6.07, 6.45) is 2.88. The Bertz CT molecular complexity index is 1150. The number of hydrogen-bond acceptors (Lipinski definition) is 5. The van der Waals surface area contributed by atoms with E-state index in [0.717, 1.165) is 17.7 Å². The highest BCUT2D eigenvalue weighted by molar-refractivity contribution is 5.49. The van der Waals surface area contributed by atoms with Crippen LogP contribution in [-0.4, -0.2) is 4.57 Å². The van der Waals surface area contributed by atoms with Crippen LogP contribution in [0.1, 0.15) is 34.9 Å². The van der Waals surface area contributed by atoms with Gasteiger partial charge in [-0.05, 0) is 37.5 Å². The standard InChI is InChI=1S/C23H21N3O3/c1-15-12-20-21(23(27)26(15)14-17-8-5-11-28-17)18(19(13-24)22(25)29-20)10-9-16-6-3-2-4-7-16/h2-8,11-12,18H,9-10,14,25H2,1H3/t18-/m1/s1. The third kappa shape index (κ3) is 3.55. The normalized spacial score (nSPS) is 15.5. The fourth-order valence-electron chi connectivity index (χ4n) is 3.78. The summed E-state index contributed by atoms with van der Waals surface area (Å²) in [6.45, 7) is 2.16. The Morgan fingerprint density at radius 2 is 2.00 bits per heavy atom. The predicted octanol–water partition coefficient (Wildman–Crippen LogP) is 3.60. The quantitative estimate of drug-likeness (QED) is 0.722. The van der Waals surface area contributed by atoms with Gasteiger partial charge in [0.1, 0.15) is 17.6 Å². The van der Waals surface area contributed by atoms with Gasteiger partial charge in [0.2, 0.25) is 5.88 Å². The van der Waals surface area contributed by atoms with Crippen LogP contribution in [0.5, 0.6) is 5.75 Å². The van der Waals surface area contributed by atoms with E-state index in [1.54, 1.807) is 23.0 Å². The molecule has 0 radical (unpaired) electrons. The molecule has 6 nitrogen and oxygen atoms in total. The Labute approximate surface area is 168 Å². The highest BCUT2D eigenvalue weighted by atomic mass is 16.5. The van der Waals surface area contributed by atoms with Crippen LogP contribution in [0.4, 0.5) is 0 Å². The number of furan rings is 1. The highest BCUT2D eigenvalue weighted by Crippen LogP contribution is 2.39. The van der Waals surface area contributed by atoms with Gasteiger partial charge in [0.05, 0.1) is 23.9 Å². The summed E-state index contributed by atoms with van der Waals surface area (Å²) >= 11 is 0. The second-order valence-electron chi connectivity index (χ2n) is 7.10. The summed E-state index contributed by atoms with van der Waals surface area (Å²) in [5.41, 5.74) is 8.49. The molecule has 1 aliphatic heterocycles. The molecule has 1 atom stereocenters. The van der Waals surface area contributed by atoms with Gasteiger partial charge >= 0.3 is 0 Å². The zero-order chi connectivity index (χ0) is 20.4. The van der Waals surface area contributed by atoms with Crippen LogP contribution in [0, 0.1) is 18.3 Å². The topological polar surface area (TPSA) is 94.2 Å². The van der Waals surface area contributed by atoms with Crippen LogP contribution in [0.3, 0.4) is 0 Å². The fourth-order valence-corrected chi connectivity index (χ4v) is 3.78. The Hall–Kier alpha value is -3.72. The largest absolute Gasteiger partial charge is 0.467 e. The lowest BCUT2D eigenvalue weighted by atomic mass is 9.85. The van der Waals surface area contributed by atoms with Gasteiger partial charge in [-0.1, -0.05) is 30.3 Å². The minimum Gasteiger partial charge on any atom is -0.467 e. The molecule has 1 aromatic carbocycles. The lowest BCUT2D eigenvalue weighted by Gasteiger charge is -2.27. The van der Waals surface area contributed by atoms with Crippen LogP contribution < -0.4 is 16.0 Å². The van der Waals surface area contributed by atoms with Gasteiger partial charge in [-0.2, -0.15) is 5.26 Å². The van der Waals surface area contributed by atoms with Crippen molar-refractivity contribution in [2.75, 3.05) is 0 Å². The van der Waals surface area contributed by atoms with Crippen molar-refractivity contribution < 1.29 is 9.15 Å². The van der Waals surface area contributed by atoms with Gasteiger partial charge in [-0.25, -0.2) is 0 Å². The number of fused-ring (bicyclic) bond motifs is 1. The summed E-state index contributed by atoms with van der Waals surface area (Å²) in [5.74, 6) is 0.765. The molecular weight excluding hydrogens is 366 g/mol. The molecular formula is C23H21N3O3. The number of aryl methyl sites for hydroxylation is 2. The molecule has 3 heterocycles. The van der Waals surface area contributed by atoms with E-state index in [0.29, 0.717) is 35.6 Å². The maximum atomic E-state index is 13.4. The molecule has 2 aromatic heterocycles. The number of rotatable bonds is 5. The van der Waals surface area contributed by atoms with Crippen molar-refractivity contribution >= 4 is 0 Å². The molecule has 0 spiro atoms. The lowest BCUT2D eigenvalue weighted by molar-refractivity contribution is 0.379. The smallest absolute Gasteiger partial charge is 0.258 e. The average Bonchev–Trinajstić information content (AvgIpc) is 3.23. The monoisotopic (exact) mass is 387 g/mol. The molecule has 29 heavy (non-hydrogen) atoms. The number of nitriles is 1. The Balaban J connectivity index is 1.77. The minimum atomic E-state index is -0.417. The summed E-state index contributed by atoms with van der Waals surface area (Å²) in [7, 11) is 0. The number of hydrogen-bond donors (Lipinski definition) is 1. The van der Waals surface area contributed by atoms with E-state index in [4.69, 9.17) is 14.9 Å². The Kier molecular flexibility index (Phi) is 4.96. The summed E-state index contributed by atoms with van der Waals surface area (Å²) in [4.78, 5) is 13.4. The van der Waals surface area contributed by atoms with Gasteiger partial charge in [0.15, 0.2) is 0 Å². The van der Waals surface area contributed by atoms with E-state index in [2.05, 4.69) is 6.07 Å². The van der Waals surface area contributed by atoms with E-state index in [-0.39, 0.29) is 11.4 Å². The molecule has 0 fully saturated rings. The second-order valence-corrected chi connectivity index (χ2v) is 7.10. The zero-order valence-electron chi connectivity index (χ0n) is 16.1. The van der Waals surface area contributed by atoms with Crippen molar-refractivity contribution in [2.45, 2.75) is 32.2 Å². The van der Waals surface area contributed by atoms with Gasteiger partial charge < -0.3 is 19.5 Å². The molecule has 0 saturated heterocycles. The summed E-state index contributed by atoms with van der Waals surface area (Å²) in [6, 6.07) is 17.5. The first kappa shape index (κ1) is 18.6. The minimum absolute atomic E-state index is 0.0700. The van der Waals surface area contributed by atoms with Crippen LogP contribution in [0.15, 0.2) is 75.5 Å². The number of allylic oxidation sites excluding steroid dienone is 1. The number of nitrogens with two attached hydrogens (primary N) is 1. The van der Waals surface area contributed by atoms with Gasteiger partial charge in [0.25, 0.3) is 5.56 Å². The number of benzene rings is 1. The van der Waals surface area contributed by atoms with Gasteiger partial charge in [0, 0.05) is 17.7 Å². The van der Waals surface area contributed by atoms with E-state index in [1.165, 1.54) is 0 Å². The van der Waals surface area contributed by atoms with E-state index in [9.17, 15) is 10.1 Å². The maximum Gasteiger partial charge on any atom is 0.258 e. The fraction of sp³-hybridized carbons (Fsp3) is 0.217. The van der Waals surface area contributed by atoms with E-state index in [1.807, 2.05) is 43.3 Å². The van der Waals surface area contributed by atoms with Gasteiger partial charge in [-0.15, -0.1) is 0 Å². The molecule has 2 N–H and O–H groups in total. The van der Waals surface area contributed by atoms with Crippen molar-refractivity contribution in [3.8, 4) is 11.8 Å². The van der Waals surface area contributed by atoms with Crippen molar-refractivity contribution in [1.82, 2.24) is 4.57 Å². The maximum absolute atomic E-state index is 13.4. The molecule has 0 aliphatic carbocycles. The molecule has 0 bridgehead atoms. The lowest BCUT2D eigenvalue weighted by Crippen LogP contribution is -2.32. The van der Waals surface area contributed by atoms with Crippen LogP contribution >= 0.6 is 0 Å². The first-order valence-corrected chi connectivity index (χ1v) is 9.46. The summed E-state index contributed by atoms with van der Waals surface area (Å²) in [5, 5.41) is 9.69. The van der Waals surface area contributed by atoms with Gasteiger partial charge in [-0.3, -0.25) is 4.79 Å². The van der Waals surface area contributed by atoms with E-state index < -0.39 is 5.92 Å². The van der Waals surface area contributed by atoms with E-state index >= 15 is 0 Å². The molecule has 1 aliphatic rings. The van der Waals surface area contributed by atoms with Crippen molar-refractivity contribution in [3.05, 3.63) is 99.2 Å². The molecule has 0 amide bonds. The number of aromatic nitrogens is 1. The Morgan fingerprint density at radius 3 is 2.69 bits per heavy atom. The zero-order valence-corrected chi connectivity index (χ0v) is 16.1. The number of ether oxygens (including phenoxy) is 1. The molecule has 0 saturated carbocycles. The predicted molar refractivity (Wildman–Crippen MR) is 108 cm³/mol. The molecule has 0 unspecified atom stereocenters. The second kappa shape index (κ2) is 7.72. The van der Waals surface area contributed by atoms with Crippen LogP contribution in [0.2, 0.25) is 0 Å². The molecule has 146 valence electrons. The molecule has 3 aromatic rings. The SMILES string of the molecule is Cc1cc2c(c(=O)n1Cc1ccco1)[C@H](CCc1ccccc1)C(C#N)=C(N)O2. The highest BCUT2D eigenvalue weighted by Gasteiger charge is 2.33. The Morgan fingerprint density at radius 1 is 1.21 bits per heavy atom. The van der Waals surface area contributed by atoms with Crippen LogP contribution in [-0.2, 0) is 13.0 Å². The molecule has 6 heteroatoms. The van der Waals surface area contributed by atoms with Crippen molar-refractivity contribution in [2.24, 2.45) is 5.73 Å². The first-order valence-electron chi connectivity index (χ1n) is 9.46. The third-order valence-electron chi connectivity index (χ3n) is 5.27. The first-order chi connectivity index (χ1) is 14.1.